The van der Waals surface area contributed by atoms with Crippen LogP contribution >= 0.6 is 0 Å². The van der Waals surface area contributed by atoms with Crippen molar-refractivity contribution in [3.05, 3.63) is 28.4 Å². The molecule has 2 fully saturated rings. The Kier molecular flexibility index (Phi) is 4.84. The van der Waals surface area contributed by atoms with Gasteiger partial charge in [-0.2, -0.15) is 0 Å². The van der Waals surface area contributed by atoms with Crippen LogP contribution < -0.4 is 10.9 Å². The number of H-pyrrole nitrogens is 1. The molecule has 2 aliphatic heterocycles. The fourth-order valence-electron chi connectivity index (χ4n) is 3.21. The Morgan fingerprint density at radius 1 is 1.41 bits per heavy atom. The summed E-state index contributed by atoms with van der Waals surface area (Å²) in [5.74, 6) is 0.246. The molecule has 0 aliphatic carbocycles. The Hall–Kier alpha value is -1.73. The topological polar surface area (TPSA) is 87.3 Å². The van der Waals surface area contributed by atoms with E-state index in [2.05, 4.69) is 20.2 Å². The van der Waals surface area contributed by atoms with Crippen LogP contribution in [0.2, 0.25) is 0 Å². The highest BCUT2D eigenvalue weighted by Gasteiger charge is 2.29. The first-order valence-electron chi connectivity index (χ1n) is 7.87. The van der Waals surface area contributed by atoms with E-state index in [0.717, 1.165) is 51.8 Å². The van der Waals surface area contributed by atoms with Gasteiger partial charge in [0.1, 0.15) is 5.69 Å². The Bertz CT molecular complexity index is 548. The normalized spacial score (nSPS) is 23.5. The van der Waals surface area contributed by atoms with Gasteiger partial charge in [-0.05, 0) is 31.7 Å². The number of carbonyl (C=O) groups excluding carboxylic acids is 1. The third-order valence-corrected chi connectivity index (χ3v) is 4.48. The SMILES string of the molecule is O=C(NCC1CCN(C2CCOCC2)C1)c1c[nH]c(=O)cn1. The van der Waals surface area contributed by atoms with Crippen LogP contribution in [0.3, 0.4) is 0 Å². The number of amides is 1. The van der Waals surface area contributed by atoms with Gasteiger partial charge in [-0.15, -0.1) is 0 Å². The standard InChI is InChI=1S/C15H22N4O3/c20-14-9-16-13(8-17-14)15(21)18-7-11-1-4-19(10-11)12-2-5-22-6-3-12/h8-9,11-12H,1-7,10H2,(H,17,20)(H,18,21). The molecule has 0 saturated carbocycles. The lowest BCUT2D eigenvalue weighted by atomic mass is 10.1. The Morgan fingerprint density at radius 2 is 2.23 bits per heavy atom. The molecule has 0 radical (unpaired) electrons. The Balaban J connectivity index is 1.45. The zero-order chi connectivity index (χ0) is 15.4. The molecule has 2 N–H and O–H groups in total. The maximum atomic E-state index is 12.0. The van der Waals surface area contributed by atoms with Crippen molar-refractivity contribution in [2.75, 3.05) is 32.8 Å². The smallest absolute Gasteiger partial charge is 0.271 e. The molecule has 1 atom stereocenters. The highest BCUT2D eigenvalue weighted by molar-refractivity contribution is 5.91. The number of hydrogen-bond donors (Lipinski definition) is 2. The van der Waals surface area contributed by atoms with E-state index in [-0.39, 0.29) is 17.2 Å². The summed E-state index contributed by atoms with van der Waals surface area (Å²) in [6, 6.07) is 0.635. The molecule has 7 nitrogen and oxygen atoms in total. The maximum Gasteiger partial charge on any atom is 0.271 e. The molecule has 3 heterocycles. The first-order chi connectivity index (χ1) is 10.7. The van der Waals surface area contributed by atoms with Crippen molar-refractivity contribution in [1.29, 1.82) is 0 Å². The van der Waals surface area contributed by atoms with Gasteiger partial charge in [0.25, 0.3) is 11.5 Å². The van der Waals surface area contributed by atoms with E-state index in [9.17, 15) is 9.59 Å². The molecule has 0 aromatic carbocycles. The molecule has 2 saturated heterocycles. The number of nitrogens with one attached hydrogen (secondary N) is 2. The molecule has 1 amide bonds. The largest absolute Gasteiger partial charge is 0.381 e. The van der Waals surface area contributed by atoms with Gasteiger partial charge in [-0.3, -0.25) is 14.5 Å². The predicted octanol–water partition coefficient (Wildman–Crippen LogP) is 0.000600. The summed E-state index contributed by atoms with van der Waals surface area (Å²) in [5.41, 5.74) is -0.0571. The molecule has 0 spiro atoms. The van der Waals surface area contributed by atoms with Crippen molar-refractivity contribution in [2.24, 2.45) is 5.92 Å². The van der Waals surface area contributed by atoms with E-state index >= 15 is 0 Å². The van der Waals surface area contributed by atoms with Crippen molar-refractivity contribution in [3.63, 3.8) is 0 Å². The van der Waals surface area contributed by atoms with Crippen LogP contribution in [-0.4, -0.2) is 59.7 Å². The minimum absolute atomic E-state index is 0.235. The molecule has 3 rings (SSSR count). The van der Waals surface area contributed by atoms with Crippen LogP contribution in [0.1, 0.15) is 29.8 Å². The van der Waals surface area contributed by atoms with E-state index in [1.165, 1.54) is 6.20 Å². The lowest BCUT2D eigenvalue weighted by molar-refractivity contribution is 0.0411. The molecule has 2 aliphatic rings. The molecule has 1 aromatic heterocycles. The number of rotatable bonds is 4. The first-order valence-corrected chi connectivity index (χ1v) is 7.87. The third kappa shape index (κ3) is 3.72. The molecule has 1 aromatic rings. The van der Waals surface area contributed by atoms with Crippen LogP contribution in [0.25, 0.3) is 0 Å². The quantitative estimate of drug-likeness (QED) is 0.817. The zero-order valence-electron chi connectivity index (χ0n) is 12.6. The lowest BCUT2D eigenvalue weighted by Gasteiger charge is -2.31. The van der Waals surface area contributed by atoms with Gasteiger partial charge in [-0.1, -0.05) is 0 Å². The second-order valence-electron chi connectivity index (χ2n) is 6.00. The average molecular weight is 306 g/mol. The highest BCUT2D eigenvalue weighted by Crippen LogP contribution is 2.23. The second kappa shape index (κ2) is 7.02. The monoisotopic (exact) mass is 306 g/mol. The van der Waals surface area contributed by atoms with Gasteiger partial charge in [0.05, 0.1) is 6.20 Å². The van der Waals surface area contributed by atoms with Gasteiger partial charge >= 0.3 is 0 Å². The Morgan fingerprint density at radius 3 is 2.95 bits per heavy atom. The number of ether oxygens (including phenoxy) is 1. The highest BCUT2D eigenvalue weighted by atomic mass is 16.5. The summed E-state index contributed by atoms with van der Waals surface area (Å²) in [6.07, 6.45) is 5.80. The molecular weight excluding hydrogens is 284 g/mol. The van der Waals surface area contributed by atoms with Gasteiger partial charge in [0, 0.05) is 38.5 Å². The number of aromatic nitrogens is 2. The third-order valence-electron chi connectivity index (χ3n) is 4.48. The number of aromatic amines is 1. The van der Waals surface area contributed by atoms with Crippen LogP contribution in [0.15, 0.2) is 17.2 Å². The van der Waals surface area contributed by atoms with E-state index in [4.69, 9.17) is 4.74 Å². The van der Waals surface area contributed by atoms with Crippen molar-refractivity contribution in [3.8, 4) is 0 Å². The zero-order valence-corrected chi connectivity index (χ0v) is 12.6. The predicted molar refractivity (Wildman–Crippen MR) is 80.7 cm³/mol. The first kappa shape index (κ1) is 15.2. The van der Waals surface area contributed by atoms with Crippen LogP contribution in [-0.2, 0) is 4.74 Å². The van der Waals surface area contributed by atoms with Crippen LogP contribution in [0.5, 0.6) is 0 Å². The van der Waals surface area contributed by atoms with Gasteiger partial charge in [0.2, 0.25) is 0 Å². The van der Waals surface area contributed by atoms with Crippen molar-refractivity contribution in [1.82, 2.24) is 20.2 Å². The number of nitrogens with zero attached hydrogens (tertiary/aromatic N) is 2. The van der Waals surface area contributed by atoms with E-state index < -0.39 is 0 Å². The van der Waals surface area contributed by atoms with Gasteiger partial charge in [0.15, 0.2) is 0 Å². The van der Waals surface area contributed by atoms with Gasteiger partial charge < -0.3 is 15.0 Å². The molecule has 1 unspecified atom stereocenters. The summed E-state index contributed by atoms with van der Waals surface area (Å²) >= 11 is 0. The maximum absolute atomic E-state index is 12.0. The summed E-state index contributed by atoms with van der Waals surface area (Å²) in [6.45, 7) is 4.51. The summed E-state index contributed by atoms with van der Waals surface area (Å²) in [7, 11) is 0. The molecular formula is C15H22N4O3. The minimum atomic E-state index is -0.306. The van der Waals surface area contributed by atoms with Gasteiger partial charge in [-0.25, -0.2) is 4.98 Å². The summed E-state index contributed by atoms with van der Waals surface area (Å²) in [4.78, 5) is 31.7. The average Bonchev–Trinajstić information content (AvgIpc) is 3.03. The summed E-state index contributed by atoms with van der Waals surface area (Å²) < 4.78 is 5.41. The van der Waals surface area contributed by atoms with Crippen molar-refractivity contribution < 1.29 is 9.53 Å². The molecule has 0 bridgehead atoms. The summed E-state index contributed by atoms with van der Waals surface area (Å²) in [5, 5.41) is 2.91. The van der Waals surface area contributed by atoms with Crippen LogP contribution in [0, 0.1) is 5.92 Å². The number of carbonyl (C=O) groups is 1. The molecule has 22 heavy (non-hydrogen) atoms. The number of likely N-dealkylation sites (tertiary alicyclic amines) is 1. The fraction of sp³-hybridized carbons (Fsp3) is 0.667. The Labute approximate surface area is 129 Å². The van der Waals surface area contributed by atoms with E-state index in [1.807, 2.05) is 0 Å². The fourth-order valence-corrected chi connectivity index (χ4v) is 3.21. The molecule has 7 heteroatoms. The van der Waals surface area contributed by atoms with E-state index in [1.54, 1.807) is 0 Å². The lowest BCUT2D eigenvalue weighted by Crippen LogP contribution is -2.39. The molecule has 120 valence electrons. The second-order valence-corrected chi connectivity index (χ2v) is 6.00. The van der Waals surface area contributed by atoms with Crippen molar-refractivity contribution in [2.45, 2.75) is 25.3 Å². The minimum Gasteiger partial charge on any atom is -0.381 e. The van der Waals surface area contributed by atoms with E-state index in [0.29, 0.717) is 18.5 Å². The van der Waals surface area contributed by atoms with Crippen LogP contribution in [0.4, 0.5) is 0 Å². The van der Waals surface area contributed by atoms with Crippen molar-refractivity contribution >= 4 is 5.91 Å². The number of hydrogen-bond acceptors (Lipinski definition) is 5.